The molecule has 0 radical (unpaired) electrons. The zero-order valence-electron chi connectivity index (χ0n) is 6.90. The molecule has 0 atom stereocenters. The first kappa shape index (κ1) is 9.75. The highest BCUT2D eigenvalue weighted by molar-refractivity contribution is 7.98. The molecule has 2 rings (SSSR count). The molecule has 2 aromatic rings. The van der Waals surface area contributed by atoms with Gasteiger partial charge in [-0.15, -0.1) is 11.8 Å². The second kappa shape index (κ2) is 3.58. The molecule has 7 heteroatoms. The number of fused-ring (bicyclic) bond motifs is 1. The van der Waals surface area contributed by atoms with Gasteiger partial charge in [-0.25, -0.2) is 9.97 Å². The molecule has 0 aliphatic heterocycles. The average molecular weight is 199 g/mol. The van der Waals surface area contributed by atoms with Crippen molar-refractivity contribution >= 4 is 28.9 Å². The number of anilines is 1. The SMILES string of the molecule is CSc1nc(N)nc2nc[nH]c12.O. The summed E-state index contributed by atoms with van der Waals surface area (Å²) in [4.78, 5) is 14.9. The van der Waals surface area contributed by atoms with Crippen LogP contribution >= 0.6 is 11.8 Å². The molecule has 0 saturated heterocycles. The summed E-state index contributed by atoms with van der Waals surface area (Å²) < 4.78 is 0. The van der Waals surface area contributed by atoms with Crippen LogP contribution in [0, 0.1) is 0 Å². The number of nitrogen functional groups attached to an aromatic ring is 1. The molecule has 0 aliphatic rings. The Balaban J connectivity index is 0.000000845. The molecule has 0 bridgehead atoms. The van der Waals surface area contributed by atoms with Crippen LogP contribution in [0.15, 0.2) is 11.4 Å². The fourth-order valence-corrected chi connectivity index (χ4v) is 1.51. The number of nitrogens with one attached hydrogen (secondary N) is 1. The summed E-state index contributed by atoms with van der Waals surface area (Å²) in [7, 11) is 0. The number of imidazole rings is 1. The van der Waals surface area contributed by atoms with Crippen molar-refractivity contribution in [3.63, 3.8) is 0 Å². The van der Waals surface area contributed by atoms with Gasteiger partial charge in [0, 0.05) is 0 Å². The van der Waals surface area contributed by atoms with Gasteiger partial charge >= 0.3 is 0 Å². The fraction of sp³-hybridized carbons (Fsp3) is 0.167. The van der Waals surface area contributed by atoms with Crippen molar-refractivity contribution in [2.75, 3.05) is 12.0 Å². The third kappa shape index (κ3) is 1.56. The topological polar surface area (TPSA) is 112 Å². The third-order valence-corrected chi connectivity index (χ3v) is 2.15. The molecule has 0 aliphatic carbocycles. The molecule has 6 nitrogen and oxygen atoms in total. The molecule has 2 aromatic heterocycles. The Morgan fingerprint density at radius 1 is 1.46 bits per heavy atom. The number of aromatic nitrogens is 4. The van der Waals surface area contributed by atoms with Crippen molar-refractivity contribution in [2.24, 2.45) is 0 Å². The van der Waals surface area contributed by atoms with E-state index in [0.29, 0.717) is 5.65 Å². The van der Waals surface area contributed by atoms with Gasteiger partial charge in [-0.3, -0.25) is 0 Å². The van der Waals surface area contributed by atoms with Gasteiger partial charge in [0.2, 0.25) is 5.95 Å². The second-order valence-electron chi connectivity index (χ2n) is 2.19. The smallest absolute Gasteiger partial charge is 0.223 e. The van der Waals surface area contributed by atoms with Crippen molar-refractivity contribution in [1.82, 2.24) is 19.9 Å². The molecule has 0 spiro atoms. The lowest BCUT2D eigenvalue weighted by molar-refractivity contribution is 0.824. The van der Waals surface area contributed by atoms with E-state index >= 15 is 0 Å². The zero-order chi connectivity index (χ0) is 8.55. The van der Waals surface area contributed by atoms with E-state index in [1.54, 1.807) is 6.33 Å². The van der Waals surface area contributed by atoms with Crippen LogP contribution in [0.25, 0.3) is 11.2 Å². The molecule has 0 aromatic carbocycles. The number of thioether (sulfide) groups is 1. The van der Waals surface area contributed by atoms with Crippen LogP contribution < -0.4 is 5.73 Å². The maximum atomic E-state index is 5.47. The molecule has 70 valence electrons. The van der Waals surface area contributed by atoms with E-state index in [0.717, 1.165) is 10.5 Å². The normalized spacial score (nSPS) is 9.92. The first-order valence-electron chi connectivity index (χ1n) is 3.32. The minimum Gasteiger partial charge on any atom is -0.412 e. The number of H-pyrrole nitrogens is 1. The molecule has 0 amide bonds. The van der Waals surface area contributed by atoms with Crippen LogP contribution in [-0.4, -0.2) is 31.7 Å². The number of aromatic amines is 1. The van der Waals surface area contributed by atoms with Crippen molar-refractivity contribution in [1.29, 1.82) is 0 Å². The van der Waals surface area contributed by atoms with Gasteiger partial charge in [0.05, 0.1) is 6.33 Å². The number of hydrogen-bond donors (Lipinski definition) is 2. The zero-order valence-corrected chi connectivity index (χ0v) is 7.72. The monoisotopic (exact) mass is 199 g/mol. The highest BCUT2D eigenvalue weighted by Gasteiger charge is 2.05. The summed E-state index contributed by atoms with van der Waals surface area (Å²) in [5.41, 5.74) is 6.93. The van der Waals surface area contributed by atoms with E-state index in [9.17, 15) is 0 Å². The minimum absolute atomic E-state index is 0. The molecular weight excluding hydrogens is 190 g/mol. The van der Waals surface area contributed by atoms with Gasteiger partial charge in [0.1, 0.15) is 10.5 Å². The number of hydrogen-bond acceptors (Lipinski definition) is 5. The van der Waals surface area contributed by atoms with Crippen LogP contribution in [0.2, 0.25) is 0 Å². The number of rotatable bonds is 1. The summed E-state index contributed by atoms with van der Waals surface area (Å²) in [6.07, 6.45) is 3.51. The molecule has 0 saturated carbocycles. The maximum Gasteiger partial charge on any atom is 0.223 e. The lowest BCUT2D eigenvalue weighted by Gasteiger charge is -1.97. The van der Waals surface area contributed by atoms with Gasteiger partial charge in [-0.2, -0.15) is 4.98 Å². The van der Waals surface area contributed by atoms with Gasteiger partial charge < -0.3 is 16.2 Å². The lowest BCUT2D eigenvalue weighted by Crippen LogP contribution is -1.96. The van der Waals surface area contributed by atoms with Crippen LogP contribution in [-0.2, 0) is 0 Å². The largest absolute Gasteiger partial charge is 0.412 e. The lowest BCUT2D eigenvalue weighted by atomic mass is 10.5. The van der Waals surface area contributed by atoms with E-state index in [-0.39, 0.29) is 11.4 Å². The Morgan fingerprint density at radius 2 is 2.23 bits per heavy atom. The minimum atomic E-state index is 0. The first-order chi connectivity index (χ1) is 5.81. The highest BCUT2D eigenvalue weighted by atomic mass is 32.2. The summed E-state index contributed by atoms with van der Waals surface area (Å²) in [6.45, 7) is 0. The van der Waals surface area contributed by atoms with Gasteiger partial charge in [-0.1, -0.05) is 0 Å². The Bertz CT molecular complexity index is 414. The first-order valence-corrected chi connectivity index (χ1v) is 4.54. The third-order valence-electron chi connectivity index (χ3n) is 1.46. The van der Waals surface area contributed by atoms with Crippen molar-refractivity contribution < 1.29 is 5.48 Å². The summed E-state index contributed by atoms with van der Waals surface area (Å²) in [5.74, 6) is 0.263. The Morgan fingerprint density at radius 3 is 2.92 bits per heavy atom. The molecular formula is C6H9N5OS. The van der Waals surface area contributed by atoms with E-state index in [1.165, 1.54) is 11.8 Å². The number of nitrogens with two attached hydrogens (primary N) is 1. The fourth-order valence-electron chi connectivity index (χ4n) is 0.970. The van der Waals surface area contributed by atoms with Crippen LogP contribution in [0.4, 0.5) is 5.95 Å². The predicted molar refractivity (Wildman–Crippen MR) is 51.5 cm³/mol. The van der Waals surface area contributed by atoms with Gasteiger partial charge in [0.15, 0.2) is 5.65 Å². The van der Waals surface area contributed by atoms with E-state index in [4.69, 9.17) is 5.73 Å². The standard InChI is InChI=1S/C6H7N5S.H2O/c1-12-5-3-4(9-2-8-3)10-6(7)11-5;/h2H,1H3,(H3,7,8,9,10,11);1H2. The van der Waals surface area contributed by atoms with Crippen molar-refractivity contribution in [3.05, 3.63) is 6.33 Å². The molecule has 13 heavy (non-hydrogen) atoms. The summed E-state index contributed by atoms with van der Waals surface area (Å²) in [5, 5.41) is 0.829. The van der Waals surface area contributed by atoms with Crippen LogP contribution in [0.1, 0.15) is 0 Å². The predicted octanol–water partition coefficient (Wildman–Crippen LogP) is -0.168. The summed E-state index contributed by atoms with van der Waals surface area (Å²) in [6, 6.07) is 0. The van der Waals surface area contributed by atoms with Gasteiger partial charge in [0.25, 0.3) is 0 Å². The van der Waals surface area contributed by atoms with E-state index < -0.39 is 0 Å². The Kier molecular flexibility index (Phi) is 2.69. The van der Waals surface area contributed by atoms with E-state index in [1.807, 2.05) is 6.26 Å². The number of nitrogens with zero attached hydrogens (tertiary/aromatic N) is 3. The summed E-state index contributed by atoms with van der Waals surface area (Å²) >= 11 is 1.51. The Hall–Kier alpha value is -1.34. The van der Waals surface area contributed by atoms with Crippen LogP contribution in [0.3, 0.4) is 0 Å². The highest BCUT2D eigenvalue weighted by Crippen LogP contribution is 2.20. The molecule has 0 fully saturated rings. The molecule has 5 N–H and O–H groups in total. The van der Waals surface area contributed by atoms with Crippen molar-refractivity contribution in [3.8, 4) is 0 Å². The Labute approximate surface area is 78.3 Å². The second-order valence-corrected chi connectivity index (χ2v) is 2.99. The molecule has 2 heterocycles. The maximum absolute atomic E-state index is 5.47. The quantitative estimate of drug-likeness (QED) is 0.489. The van der Waals surface area contributed by atoms with Crippen LogP contribution in [0.5, 0.6) is 0 Å². The van der Waals surface area contributed by atoms with Crippen molar-refractivity contribution in [2.45, 2.75) is 5.03 Å². The average Bonchev–Trinajstić information content (AvgIpc) is 2.50. The van der Waals surface area contributed by atoms with E-state index in [2.05, 4.69) is 19.9 Å². The van der Waals surface area contributed by atoms with Gasteiger partial charge in [-0.05, 0) is 6.26 Å². The molecule has 0 unspecified atom stereocenters.